The lowest BCUT2D eigenvalue weighted by molar-refractivity contribution is 0.0179. The van der Waals surface area contributed by atoms with Gasteiger partial charge < -0.3 is 9.47 Å². The largest absolute Gasteiger partial charge is 0.508 e. The van der Waals surface area contributed by atoms with E-state index < -0.39 is 6.16 Å². The molecule has 3 atom stereocenters. The SMILES string of the molecule is CCOC(=O)OC1C[C@@H]2C=C[C@H]1C2. The highest BCUT2D eigenvalue weighted by Crippen LogP contribution is 2.40. The molecule has 3 heteroatoms. The van der Waals surface area contributed by atoms with Gasteiger partial charge in [0.05, 0.1) is 6.61 Å². The Balaban J connectivity index is 1.83. The topological polar surface area (TPSA) is 35.5 Å². The number of hydrogen-bond acceptors (Lipinski definition) is 3. The summed E-state index contributed by atoms with van der Waals surface area (Å²) in [5, 5.41) is 0. The second kappa shape index (κ2) is 3.40. The second-order valence-corrected chi connectivity index (χ2v) is 3.62. The average Bonchev–Trinajstić information content (AvgIpc) is 2.65. The Bertz CT molecular complexity index is 234. The minimum absolute atomic E-state index is 0.0639. The fraction of sp³-hybridized carbons (Fsp3) is 0.700. The number of ether oxygens (including phenoxy) is 2. The molecule has 0 aromatic carbocycles. The molecule has 0 N–H and O–H groups in total. The maximum Gasteiger partial charge on any atom is 0.508 e. The third-order valence-electron chi connectivity index (χ3n) is 2.73. The summed E-state index contributed by atoms with van der Waals surface area (Å²) in [5.74, 6) is 1.07. The fourth-order valence-electron chi connectivity index (χ4n) is 2.14. The number of carbonyl (C=O) groups is 1. The normalized spacial score (nSPS) is 35.0. The van der Waals surface area contributed by atoms with Gasteiger partial charge in [0.25, 0.3) is 0 Å². The van der Waals surface area contributed by atoms with E-state index in [0.717, 1.165) is 12.8 Å². The summed E-state index contributed by atoms with van der Waals surface area (Å²) in [4.78, 5) is 11.0. The summed E-state index contributed by atoms with van der Waals surface area (Å²) in [5.41, 5.74) is 0. The zero-order valence-electron chi connectivity index (χ0n) is 7.73. The molecule has 0 spiro atoms. The van der Waals surface area contributed by atoms with E-state index in [1.54, 1.807) is 6.92 Å². The first-order chi connectivity index (χ1) is 6.29. The van der Waals surface area contributed by atoms with E-state index in [4.69, 9.17) is 9.47 Å². The van der Waals surface area contributed by atoms with Crippen LogP contribution in [0.1, 0.15) is 19.8 Å². The summed E-state index contributed by atoms with van der Waals surface area (Å²) >= 11 is 0. The number of allylic oxidation sites excluding steroid dienone is 1. The van der Waals surface area contributed by atoms with E-state index >= 15 is 0 Å². The molecule has 0 aromatic heterocycles. The van der Waals surface area contributed by atoms with Gasteiger partial charge in [0, 0.05) is 5.92 Å². The lowest BCUT2D eigenvalue weighted by Gasteiger charge is -2.17. The predicted octanol–water partition coefficient (Wildman–Crippen LogP) is 2.12. The van der Waals surface area contributed by atoms with Crippen molar-refractivity contribution in [1.82, 2.24) is 0 Å². The number of hydrogen-bond donors (Lipinski definition) is 0. The molecular formula is C10H14O3. The molecule has 2 bridgehead atoms. The molecule has 0 radical (unpaired) electrons. The first kappa shape index (κ1) is 8.60. The molecule has 1 saturated carbocycles. The molecule has 3 nitrogen and oxygen atoms in total. The predicted molar refractivity (Wildman–Crippen MR) is 47.2 cm³/mol. The standard InChI is InChI=1S/C10H14O3/c1-2-12-10(11)13-9-6-7-3-4-8(9)5-7/h3-4,7-9H,2,5-6H2,1H3/t7-,8+,9?/m1/s1. The molecule has 0 aliphatic heterocycles. The number of fused-ring (bicyclic) bond motifs is 2. The third-order valence-corrected chi connectivity index (χ3v) is 2.73. The van der Waals surface area contributed by atoms with Crippen LogP contribution in [0, 0.1) is 11.8 Å². The molecule has 1 unspecified atom stereocenters. The minimum Gasteiger partial charge on any atom is -0.435 e. The van der Waals surface area contributed by atoms with Gasteiger partial charge in [-0.1, -0.05) is 12.2 Å². The van der Waals surface area contributed by atoms with Crippen LogP contribution in [0.2, 0.25) is 0 Å². The maximum atomic E-state index is 11.0. The summed E-state index contributed by atoms with van der Waals surface area (Å²) in [6.07, 6.45) is 6.03. The van der Waals surface area contributed by atoms with Crippen molar-refractivity contribution < 1.29 is 14.3 Å². The molecular weight excluding hydrogens is 168 g/mol. The van der Waals surface area contributed by atoms with Crippen molar-refractivity contribution in [1.29, 1.82) is 0 Å². The Hall–Kier alpha value is -0.990. The van der Waals surface area contributed by atoms with Gasteiger partial charge in [-0.3, -0.25) is 0 Å². The van der Waals surface area contributed by atoms with Crippen molar-refractivity contribution in [2.45, 2.75) is 25.9 Å². The molecule has 1 fully saturated rings. The molecule has 2 rings (SSSR count). The maximum absolute atomic E-state index is 11.0. The van der Waals surface area contributed by atoms with Gasteiger partial charge in [-0.25, -0.2) is 4.79 Å². The lowest BCUT2D eigenvalue weighted by atomic mass is 10.1. The summed E-state index contributed by atoms with van der Waals surface area (Å²) in [7, 11) is 0. The zero-order chi connectivity index (χ0) is 9.26. The first-order valence-corrected chi connectivity index (χ1v) is 4.81. The molecule has 13 heavy (non-hydrogen) atoms. The van der Waals surface area contributed by atoms with Crippen molar-refractivity contribution in [2.24, 2.45) is 11.8 Å². The van der Waals surface area contributed by atoms with Crippen molar-refractivity contribution in [3.63, 3.8) is 0 Å². The van der Waals surface area contributed by atoms with Gasteiger partial charge in [0.2, 0.25) is 0 Å². The van der Waals surface area contributed by atoms with Crippen LogP contribution in [-0.4, -0.2) is 18.9 Å². The van der Waals surface area contributed by atoms with Crippen LogP contribution in [0.15, 0.2) is 12.2 Å². The smallest absolute Gasteiger partial charge is 0.435 e. The molecule has 0 heterocycles. The van der Waals surface area contributed by atoms with Crippen LogP contribution in [-0.2, 0) is 9.47 Å². The van der Waals surface area contributed by atoms with Crippen LogP contribution < -0.4 is 0 Å². The van der Waals surface area contributed by atoms with Crippen LogP contribution in [0.4, 0.5) is 4.79 Å². The molecule has 2 aliphatic carbocycles. The van der Waals surface area contributed by atoms with Gasteiger partial charge in [0.1, 0.15) is 6.10 Å². The first-order valence-electron chi connectivity index (χ1n) is 4.81. The van der Waals surface area contributed by atoms with Crippen LogP contribution >= 0.6 is 0 Å². The van der Waals surface area contributed by atoms with E-state index in [1.165, 1.54) is 0 Å². The summed E-state index contributed by atoms with van der Waals surface area (Å²) < 4.78 is 9.90. The second-order valence-electron chi connectivity index (χ2n) is 3.62. The van der Waals surface area contributed by atoms with Gasteiger partial charge in [0.15, 0.2) is 0 Å². The Labute approximate surface area is 77.7 Å². The lowest BCUT2D eigenvalue weighted by Crippen LogP contribution is -2.22. The molecule has 0 aromatic rings. The minimum atomic E-state index is -0.520. The fourth-order valence-corrected chi connectivity index (χ4v) is 2.14. The zero-order valence-corrected chi connectivity index (χ0v) is 7.73. The van der Waals surface area contributed by atoms with Crippen LogP contribution in [0.3, 0.4) is 0 Å². The Morgan fingerprint density at radius 3 is 2.85 bits per heavy atom. The van der Waals surface area contributed by atoms with Crippen molar-refractivity contribution in [3.05, 3.63) is 12.2 Å². The summed E-state index contributed by atoms with van der Waals surface area (Å²) in [6.45, 7) is 2.16. The Morgan fingerprint density at radius 2 is 2.31 bits per heavy atom. The molecule has 0 saturated heterocycles. The average molecular weight is 182 g/mol. The van der Waals surface area contributed by atoms with E-state index in [1.807, 2.05) is 0 Å². The highest BCUT2D eigenvalue weighted by Gasteiger charge is 2.38. The van der Waals surface area contributed by atoms with Gasteiger partial charge >= 0.3 is 6.16 Å². The van der Waals surface area contributed by atoms with Gasteiger partial charge in [-0.05, 0) is 25.7 Å². The van der Waals surface area contributed by atoms with Crippen LogP contribution in [0.25, 0.3) is 0 Å². The quantitative estimate of drug-likeness (QED) is 0.484. The van der Waals surface area contributed by atoms with E-state index in [2.05, 4.69) is 12.2 Å². The highest BCUT2D eigenvalue weighted by atomic mass is 16.7. The van der Waals surface area contributed by atoms with Crippen molar-refractivity contribution in [3.8, 4) is 0 Å². The van der Waals surface area contributed by atoms with Gasteiger partial charge in [-0.2, -0.15) is 0 Å². The number of rotatable bonds is 2. The number of carbonyl (C=O) groups excluding carboxylic acids is 1. The molecule has 0 amide bonds. The van der Waals surface area contributed by atoms with Crippen molar-refractivity contribution in [2.75, 3.05) is 6.61 Å². The molecule has 72 valence electrons. The van der Waals surface area contributed by atoms with Crippen molar-refractivity contribution >= 4 is 6.16 Å². The monoisotopic (exact) mass is 182 g/mol. The highest BCUT2D eigenvalue weighted by molar-refractivity contribution is 5.60. The van der Waals surface area contributed by atoms with Gasteiger partial charge in [-0.15, -0.1) is 0 Å². The van der Waals surface area contributed by atoms with E-state index in [9.17, 15) is 4.79 Å². The Morgan fingerprint density at radius 1 is 1.46 bits per heavy atom. The van der Waals surface area contributed by atoms with Crippen LogP contribution in [0.5, 0.6) is 0 Å². The van der Waals surface area contributed by atoms with E-state index in [-0.39, 0.29) is 6.10 Å². The molecule has 2 aliphatic rings. The Kier molecular flexibility index (Phi) is 2.25. The van der Waals surface area contributed by atoms with E-state index in [0.29, 0.717) is 18.4 Å². The third kappa shape index (κ3) is 1.69. The summed E-state index contributed by atoms with van der Waals surface area (Å²) in [6, 6.07) is 0.